The maximum atomic E-state index is 14.2. The number of amides is 1. The third-order valence-corrected chi connectivity index (χ3v) is 7.08. The Kier molecular flexibility index (Phi) is 8.73. The van der Waals surface area contributed by atoms with Crippen molar-refractivity contribution in [2.24, 2.45) is 0 Å². The van der Waals surface area contributed by atoms with Gasteiger partial charge in [0.05, 0.1) is 19.0 Å². The molecule has 1 fully saturated rings. The van der Waals surface area contributed by atoms with Crippen molar-refractivity contribution in [1.82, 2.24) is 29.4 Å². The minimum atomic E-state index is -4.70. The van der Waals surface area contributed by atoms with Crippen LogP contribution in [0.4, 0.5) is 13.2 Å². The van der Waals surface area contributed by atoms with Gasteiger partial charge in [0.1, 0.15) is 11.3 Å². The standard InChI is InChI=1S/C27H27F3N6O2.C2H6/c1-17-23(20-4-6-21(38-3)7-5-20)33-25-22(16-32-36(25)24(17)27(28,29)30)26(37)35-14-12-34(13-15-35)18(2)19-8-10-31-11-9-19;1-2/h4-11,16,18H,12-15H2,1-3H3;1-2H3/t18-;/m0./s1. The Hall–Kier alpha value is -3.99. The Balaban J connectivity index is 0.00000181. The zero-order valence-corrected chi connectivity index (χ0v) is 23.2. The molecule has 1 aliphatic rings. The number of pyridine rings is 1. The summed E-state index contributed by atoms with van der Waals surface area (Å²) in [7, 11) is 1.51. The molecule has 5 rings (SSSR count). The highest BCUT2D eigenvalue weighted by atomic mass is 19.4. The number of methoxy groups -OCH3 is 1. The highest BCUT2D eigenvalue weighted by Crippen LogP contribution is 2.37. The number of carbonyl (C=O) groups is 1. The van der Waals surface area contributed by atoms with Gasteiger partial charge in [-0.2, -0.15) is 18.3 Å². The van der Waals surface area contributed by atoms with Crippen molar-refractivity contribution in [3.8, 4) is 17.0 Å². The van der Waals surface area contributed by atoms with Crippen molar-refractivity contribution in [2.45, 2.75) is 39.9 Å². The molecule has 8 nitrogen and oxygen atoms in total. The smallest absolute Gasteiger partial charge is 0.433 e. The number of benzene rings is 1. The topological polar surface area (TPSA) is 75.9 Å². The van der Waals surface area contributed by atoms with Crippen LogP contribution >= 0.6 is 0 Å². The molecule has 4 heterocycles. The van der Waals surface area contributed by atoms with Gasteiger partial charge < -0.3 is 9.64 Å². The van der Waals surface area contributed by atoms with E-state index in [1.165, 1.54) is 20.2 Å². The molecule has 1 amide bonds. The number of hydrogen-bond acceptors (Lipinski definition) is 6. The molecule has 1 aliphatic heterocycles. The number of carbonyl (C=O) groups excluding carboxylic acids is 1. The van der Waals surface area contributed by atoms with Crippen molar-refractivity contribution in [3.05, 3.63) is 77.4 Å². The molecule has 40 heavy (non-hydrogen) atoms. The van der Waals surface area contributed by atoms with Gasteiger partial charge in [0.2, 0.25) is 0 Å². The Morgan fingerprint density at radius 1 is 1.00 bits per heavy atom. The van der Waals surface area contributed by atoms with Crippen LogP contribution in [0, 0.1) is 6.92 Å². The zero-order chi connectivity index (χ0) is 29.0. The Morgan fingerprint density at radius 3 is 2.20 bits per heavy atom. The minimum absolute atomic E-state index is 0.0425. The monoisotopic (exact) mass is 554 g/mol. The fraction of sp³-hybridized carbons (Fsp3) is 0.379. The molecule has 0 aliphatic carbocycles. The van der Waals surface area contributed by atoms with E-state index in [9.17, 15) is 18.0 Å². The van der Waals surface area contributed by atoms with Gasteiger partial charge in [0, 0.05) is 55.7 Å². The largest absolute Gasteiger partial charge is 0.497 e. The first kappa shape index (κ1) is 29.0. The lowest BCUT2D eigenvalue weighted by Gasteiger charge is -2.38. The van der Waals surface area contributed by atoms with E-state index in [0.717, 1.165) is 10.1 Å². The highest BCUT2D eigenvalue weighted by Gasteiger charge is 2.39. The maximum Gasteiger partial charge on any atom is 0.433 e. The van der Waals surface area contributed by atoms with Gasteiger partial charge >= 0.3 is 6.18 Å². The van der Waals surface area contributed by atoms with E-state index in [2.05, 4.69) is 26.9 Å². The number of rotatable bonds is 5. The Morgan fingerprint density at radius 2 is 1.62 bits per heavy atom. The van der Waals surface area contributed by atoms with E-state index in [1.54, 1.807) is 41.6 Å². The average molecular weight is 555 g/mol. The number of hydrogen-bond donors (Lipinski definition) is 0. The number of piperazine rings is 1. The lowest BCUT2D eigenvalue weighted by atomic mass is 10.0. The summed E-state index contributed by atoms with van der Waals surface area (Å²) in [6.45, 7) is 9.60. The fourth-order valence-electron chi connectivity index (χ4n) is 4.92. The van der Waals surface area contributed by atoms with Crippen molar-refractivity contribution >= 4 is 11.6 Å². The van der Waals surface area contributed by atoms with Crippen LogP contribution in [0.25, 0.3) is 16.9 Å². The van der Waals surface area contributed by atoms with Crippen LogP contribution in [0.3, 0.4) is 0 Å². The second-order valence-electron chi connectivity index (χ2n) is 9.24. The van der Waals surface area contributed by atoms with E-state index < -0.39 is 11.9 Å². The normalized spacial score (nSPS) is 14.9. The number of nitrogens with zero attached hydrogens (tertiary/aromatic N) is 6. The molecule has 1 aromatic carbocycles. The average Bonchev–Trinajstić information content (AvgIpc) is 3.40. The quantitative estimate of drug-likeness (QED) is 0.316. The van der Waals surface area contributed by atoms with Crippen molar-refractivity contribution in [2.75, 3.05) is 33.3 Å². The Bertz CT molecular complexity index is 1450. The highest BCUT2D eigenvalue weighted by molar-refractivity contribution is 6.00. The molecule has 1 atom stereocenters. The van der Waals surface area contributed by atoms with E-state index in [-0.39, 0.29) is 34.4 Å². The minimum Gasteiger partial charge on any atom is -0.497 e. The molecule has 0 saturated carbocycles. The van der Waals surface area contributed by atoms with Crippen molar-refractivity contribution in [3.63, 3.8) is 0 Å². The first-order valence-electron chi connectivity index (χ1n) is 13.2. The second kappa shape index (κ2) is 12.0. The van der Waals surface area contributed by atoms with Gasteiger partial charge in [0.15, 0.2) is 11.3 Å². The van der Waals surface area contributed by atoms with Gasteiger partial charge in [0.25, 0.3) is 5.91 Å². The summed E-state index contributed by atoms with van der Waals surface area (Å²) in [5.74, 6) is 0.183. The van der Waals surface area contributed by atoms with Gasteiger partial charge in [-0.1, -0.05) is 13.8 Å². The van der Waals surface area contributed by atoms with Crippen LogP contribution in [-0.4, -0.2) is 68.6 Å². The predicted octanol–water partition coefficient (Wildman–Crippen LogP) is 5.67. The van der Waals surface area contributed by atoms with E-state index in [0.29, 0.717) is 37.5 Å². The fourth-order valence-corrected chi connectivity index (χ4v) is 4.92. The van der Waals surface area contributed by atoms with Crippen LogP contribution in [-0.2, 0) is 6.18 Å². The molecule has 3 aromatic heterocycles. The molecule has 0 bridgehead atoms. The lowest BCUT2D eigenvalue weighted by Crippen LogP contribution is -2.49. The molecular formula is C29H33F3N6O2. The zero-order valence-electron chi connectivity index (χ0n) is 23.2. The molecule has 1 saturated heterocycles. The van der Waals surface area contributed by atoms with Gasteiger partial charge in [-0.25, -0.2) is 9.50 Å². The van der Waals surface area contributed by atoms with Crippen molar-refractivity contribution < 1.29 is 22.7 Å². The van der Waals surface area contributed by atoms with Crippen molar-refractivity contribution in [1.29, 1.82) is 0 Å². The summed E-state index contributed by atoms with van der Waals surface area (Å²) in [5, 5.41) is 3.96. The first-order valence-corrected chi connectivity index (χ1v) is 13.2. The van der Waals surface area contributed by atoms with E-state index >= 15 is 0 Å². The van der Waals surface area contributed by atoms with Crippen LogP contribution in [0.1, 0.15) is 54.0 Å². The summed E-state index contributed by atoms with van der Waals surface area (Å²) >= 11 is 0. The maximum absolute atomic E-state index is 14.2. The molecule has 0 unspecified atom stereocenters. The van der Waals surface area contributed by atoms with Gasteiger partial charge in [-0.05, 0) is 55.8 Å². The number of fused-ring (bicyclic) bond motifs is 1. The van der Waals surface area contributed by atoms with Gasteiger partial charge in [-0.15, -0.1) is 0 Å². The number of ether oxygens (including phenoxy) is 1. The summed E-state index contributed by atoms with van der Waals surface area (Å²) in [6.07, 6.45) is -0.0154. The second-order valence-corrected chi connectivity index (χ2v) is 9.24. The van der Waals surface area contributed by atoms with E-state index in [4.69, 9.17) is 4.74 Å². The number of alkyl halides is 3. The van der Waals surface area contributed by atoms with Crippen LogP contribution in [0.5, 0.6) is 5.75 Å². The molecular weight excluding hydrogens is 521 g/mol. The number of halogens is 3. The van der Waals surface area contributed by atoms with Crippen LogP contribution < -0.4 is 4.74 Å². The molecule has 0 spiro atoms. The predicted molar refractivity (Wildman–Crippen MR) is 146 cm³/mol. The van der Waals surface area contributed by atoms with Crippen LogP contribution in [0.15, 0.2) is 55.0 Å². The SMILES string of the molecule is CC.COc1ccc(-c2nc3c(C(=O)N4CCN([C@@H](C)c5ccncc5)CC4)cnn3c(C(F)(F)F)c2C)cc1. The summed E-state index contributed by atoms with van der Waals surface area (Å²) in [4.78, 5) is 26.0. The molecule has 0 N–H and O–H groups in total. The molecule has 4 aromatic rings. The number of aromatic nitrogens is 4. The van der Waals surface area contributed by atoms with E-state index in [1.807, 2.05) is 26.0 Å². The third-order valence-electron chi connectivity index (χ3n) is 7.08. The molecule has 11 heteroatoms. The summed E-state index contributed by atoms with van der Waals surface area (Å²) < 4.78 is 48.5. The Labute approximate surface area is 231 Å². The molecule has 0 radical (unpaired) electrons. The van der Waals surface area contributed by atoms with Gasteiger partial charge in [-0.3, -0.25) is 14.7 Å². The lowest BCUT2D eigenvalue weighted by molar-refractivity contribution is -0.143. The third kappa shape index (κ3) is 5.65. The first-order chi connectivity index (χ1) is 19.2. The summed E-state index contributed by atoms with van der Waals surface area (Å²) in [6, 6.07) is 10.7. The summed E-state index contributed by atoms with van der Waals surface area (Å²) in [5.41, 5.74) is 0.645. The molecule has 212 valence electrons. The van der Waals surface area contributed by atoms with Crippen LogP contribution in [0.2, 0.25) is 0 Å².